The zero-order valence-electron chi connectivity index (χ0n) is 15.3. The van der Waals surface area contributed by atoms with E-state index in [-0.39, 0.29) is 11.9 Å². The van der Waals surface area contributed by atoms with Crippen molar-refractivity contribution in [1.29, 1.82) is 0 Å². The molecule has 1 aliphatic rings. The third-order valence-corrected chi connectivity index (χ3v) is 4.83. The first-order valence-corrected chi connectivity index (χ1v) is 9.18. The first-order chi connectivity index (χ1) is 13.2. The highest BCUT2D eigenvalue weighted by Gasteiger charge is 2.27. The van der Waals surface area contributed by atoms with Crippen molar-refractivity contribution < 1.29 is 4.39 Å². The number of benzene rings is 1. The molecule has 3 aromatic rings. The van der Waals surface area contributed by atoms with Gasteiger partial charge in [0.25, 0.3) is 0 Å². The maximum absolute atomic E-state index is 13.1. The summed E-state index contributed by atoms with van der Waals surface area (Å²) >= 11 is 0. The lowest BCUT2D eigenvalue weighted by Crippen LogP contribution is -2.23. The molecule has 0 bridgehead atoms. The summed E-state index contributed by atoms with van der Waals surface area (Å²) in [6, 6.07) is 12.9. The number of halogens is 1. The van der Waals surface area contributed by atoms with E-state index in [9.17, 15) is 4.39 Å². The van der Waals surface area contributed by atoms with Crippen LogP contribution in [-0.2, 0) is 6.54 Å². The van der Waals surface area contributed by atoms with E-state index in [1.165, 1.54) is 12.1 Å². The van der Waals surface area contributed by atoms with Gasteiger partial charge >= 0.3 is 0 Å². The quantitative estimate of drug-likeness (QED) is 0.728. The van der Waals surface area contributed by atoms with Gasteiger partial charge in [-0.1, -0.05) is 18.2 Å². The summed E-state index contributed by atoms with van der Waals surface area (Å²) in [4.78, 5) is 15.8. The van der Waals surface area contributed by atoms with Gasteiger partial charge in [-0.05, 0) is 61.7 Å². The van der Waals surface area contributed by atoms with Gasteiger partial charge in [-0.3, -0.25) is 4.90 Å². The molecule has 5 nitrogen and oxygen atoms in total. The fraction of sp³-hybridized carbons (Fsp3) is 0.286. The monoisotopic (exact) mass is 363 g/mol. The van der Waals surface area contributed by atoms with Crippen LogP contribution in [0.25, 0.3) is 0 Å². The Morgan fingerprint density at radius 2 is 1.96 bits per heavy atom. The molecule has 1 N–H and O–H groups in total. The Morgan fingerprint density at radius 1 is 1.11 bits per heavy atom. The molecule has 0 unspecified atom stereocenters. The van der Waals surface area contributed by atoms with Crippen molar-refractivity contribution in [3.05, 3.63) is 77.5 Å². The smallest absolute Gasteiger partial charge is 0.228 e. The molecule has 0 saturated carbocycles. The van der Waals surface area contributed by atoms with Crippen molar-refractivity contribution in [2.45, 2.75) is 32.4 Å². The predicted octanol–water partition coefficient (Wildman–Crippen LogP) is 4.40. The molecule has 0 radical (unpaired) electrons. The first kappa shape index (κ1) is 17.5. The number of aromatic nitrogens is 3. The second-order valence-electron chi connectivity index (χ2n) is 6.91. The van der Waals surface area contributed by atoms with Crippen LogP contribution in [0.1, 0.15) is 35.7 Å². The van der Waals surface area contributed by atoms with Crippen molar-refractivity contribution in [3.8, 4) is 0 Å². The second kappa shape index (κ2) is 7.80. The maximum atomic E-state index is 13.1. The van der Waals surface area contributed by atoms with Crippen LogP contribution in [0.5, 0.6) is 0 Å². The van der Waals surface area contributed by atoms with E-state index in [0.29, 0.717) is 5.95 Å². The van der Waals surface area contributed by atoms with Crippen LogP contribution < -0.4 is 5.32 Å². The van der Waals surface area contributed by atoms with Crippen LogP contribution in [0.15, 0.2) is 54.9 Å². The predicted molar refractivity (Wildman–Crippen MR) is 103 cm³/mol. The molecule has 1 atom stereocenters. The Kier molecular flexibility index (Phi) is 5.07. The Labute approximate surface area is 158 Å². The Balaban J connectivity index is 1.49. The minimum absolute atomic E-state index is 0.201. The van der Waals surface area contributed by atoms with Gasteiger partial charge in [-0.15, -0.1) is 0 Å². The van der Waals surface area contributed by atoms with Gasteiger partial charge in [0.15, 0.2) is 0 Å². The molecule has 4 rings (SSSR count). The zero-order valence-corrected chi connectivity index (χ0v) is 15.3. The highest BCUT2D eigenvalue weighted by Crippen LogP contribution is 2.32. The topological polar surface area (TPSA) is 53.9 Å². The molecule has 1 aliphatic heterocycles. The number of pyridine rings is 1. The summed E-state index contributed by atoms with van der Waals surface area (Å²) in [6.45, 7) is 3.80. The lowest BCUT2D eigenvalue weighted by molar-refractivity contribution is 0.244. The third-order valence-electron chi connectivity index (χ3n) is 4.83. The van der Waals surface area contributed by atoms with Gasteiger partial charge in [0.05, 0.1) is 11.7 Å². The molecule has 1 fully saturated rings. The number of likely N-dealkylation sites (tertiary alicyclic amines) is 1. The number of nitrogens with one attached hydrogen (secondary N) is 1. The van der Waals surface area contributed by atoms with Gasteiger partial charge in [-0.2, -0.15) is 0 Å². The van der Waals surface area contributed by atoms with E-state index in [4.69, 9.17) is 4.98 Å². The number of rotatable bonds is 5. The van der Waals surface area contributed by atoms with Gasteiger partial charge in [-0.25, -0.2) is 19.3 Å². The van der Waals surface area contributed by atoms with E-state index in [1.807, 2.05) is 43.5 Å². The highest BCUT2D eigenvalue weighted by molar-refractivity contribution is 5.47. The summed E-state index contributed by atoms with van der Waals surface area (Å²) in [7, 11) is 0. The third kappa shape index (κ3) is 4.28. The van der Waals surface area contributed by atoms with E-state index >= 15 is 0 Å². The van der Waals surface area contributed by atoms with E-state index in [0.717, 1.165) is 48.6 Å². The summed E-state index contributed by atoms with van der Waals surface area (Å²) in [5.41, 5.74) is 3.22. The molecular formula is C21H22FN5. The first-order valence-electron chi connectivity index (χ1n) is 9.18. The van der Waals surface area contributed by atoms with Gasteiger partial charge in [0, 0.05) is 18.9 Å². The fourth-order valence-corrected chi connectivity index (χ4v) is 3.45. The minimum Gasteiger partial charge on any atom is -0.309 e. The van der Waals surface area contributed by atoms with E-state index in [2.05, 4.69) is 20.2 Å². The number of aryl methyl sites for hydroxylation is 1. The normalized spacial score (nSPS) is 17.2. The average molecular weight is 363 g/mol. The molecule has 0 aliphatic carbocycles. The standard InChI is InChI=1S/C21H22FN5/c1-15-4-9-20(24-13-15)26-21-23-11-10-18(25-21)19-3-2-12-27(19)14-16-5-7-17(22)8-6-16/h4-11,13,19H,2-3,12,14H2,1H3,(H,23,24,25,26)/t19-/m0/s1. The zero-order chi connectivity index (χ0) is 18.6. The number of anilines is 2. The number of nitrogens with zero attached hydrogens (tertiary/aromatic N) is 4. The lowest BCUT2D eigenvalue weighted by Gasteiger charge is -2.24. The largest absolute Gasteiger partial charge is 0.309 e. The molecule has 27 heavy (non-hydrogen) atoms. The van der Waals surface area contributed by atoms with Crippen LogP contribution in [-0.4, -0.2) is 26.4 Å². The molecule has 3 heterocycles. The fourth-order valence-electron chi connectivity index (χ4n) is 3.45. The molecule has 0 spiro atoms. The lowest BCUT2D eigenvalue weighted by atomic mass is 10.1. The van der Waals surface area contributed by atoms with Gasteiger partial charge in [0.2, 0.25) is 5.95 Å². The molecule has 2 aromatic heterocycles. The maximum Gasteiger partial charge on any atom is 0.228 e. The van der Waals surface area contributed by atoms with Crippen molar-refractivity contribution in [2.24, 2.45) is 0 Å². The molecular weight excluding hydrogens is 341 g/mol. The highest BCUT2D eigenvalue weighted by atomic mass is 19.1. The SMILES string of the molecule is Cc1ccc(Nc2nccc([C@@H]3CCCN3Cc3ccc(F)cc3)n2)nc1. The van der Waals surface area contributed by atoms with Crippen molar-refractivity contribution in [3.63, 3.8) is 0 Å². The van der Waals surface area contributed by atoms with Gasteiger partial charge in [0.1, 0.15) is 11.6 Å². The van der Waals surface area contributed by atoms with Gasteiger partial charge < -0.3 is 5.32 Å². The summed E-state index contributed by atoms with van der Waals surface area (Å²) < 4.78 is 13.1. The molecule has 1 saturated heterocycles. The number of hydrogen-bond acceptors (Lipinski definition) is 5. The molecule has 1 aromatic carbocycles. The molecule has 138 valence electrons. The summed E-state index contributed by atoms with van der Waals surface area (Å²) in [5.74, 6) is 1.08. The summed E-state index contributed by atoms with van der Waals surface area (Å²) in [6.07, 6.45) is 5.78. The minimum atomic E-state index is -0.201. The van der Waals surface area contributed by atoms with Crippen molar-refractivity contribution in [2.75, 3.05) is 11.9 Å². The second-order valence-corrected chi connectivity index (χ2v) is 6.91. The Bertz CT molecular complexity index is 895. The van der Waals surface area contributed by atoms with E-state index < -0.39 is 0 Å². The van der Waals surface area contributed by atoms with Crippen LogP contribution in [0.3, 0.4) is 0 Å². The summed E-state index contributed by atoms with van der Waals surface area (Å²) in [5, 5.41) is 3.17. The van der Waals surface area contributed by atoms with Crippen LogP contribution in [0.2, 0.25) is 0 Å². The Hall–Kier alpha value is -2.86. The average Bonchev–Trinajstić information content (AvgIpc) is 3.14. The molecule has 6 heteroatoms. The van der Waals surface area contributed by atoms with Crippen molar-refractivity contribution >= 4 is 11.8 Å². The van der Waals surface area contributed by atoms with Crippen LogP contribution >= 0.6 is 0 Å². The Morgan fingerprint density at radius 3 is 2.74 bits per heavy atom. The number of hydrogen-bond donors (Lipinski definition) is 1. The van der Waals surface area contributed by atoms with E-state index in [1.54, 1.807) is 6.20 Å². The van der Waals surface area contributed by atoms with Crippen molar-refractivity contribution in [1.82, 2.24) is 19.9 Å². The van der Waals surface area contributed by atoms with Crippen LogP contribution in [0, 0.1) is 12.7 Å². The molecule has 0 amide bonds. The van der Waals surface area contributed by atoms with Crippen LogP contribution in [0.4, 0.5) is 16.2 Å².